The molecule has 3 N–H and O–H groups in total. The minimum atomic E-state index is -0.532. The van der Waals surface area contributed by atoms with Gasteiger partial charge in [0.25, 0.3) is 0 Å². The number of rotatable bonds is 2. The van der Waals surface area contributed by atoms with E-state index >= 15 is 0 Å². The summed E-state index contributed by atoms with van der Waals surface area (Å²) in [5.41, 5.74) is 6.61. The first-order valence-corrected chi connectivity index (χ1v) is 6.82. The number of hydrogen-bond acceptors (Lipinski definition) is 6. The molecule has 6 nitrogen and oxygen atoms in total. The van der Waals surface area contributed by atoms with Crippen LogP contribution in [0.3, 0.4) is 0 Å². The first-order valence-electron chi connectivity index (χ1n) is 6.82. The van der Waals surface area contributed by atoms with Crippen LogP contribution in [0.15, 0.2) is 12.3 Å². The summed E-state index contributed by atoms with van der Waals surface area (Å²) in [6.45, 7) is 8.86. The number of piperazine rings is 1. The SMILES string of the molecule is CC(C)(C)OC(=O)c1ccnc(N)c1N1CCNCC1. The maximum absolute atomic E-state index is 12.3. The highest BCUT2D eigenvalue weighted by molar-refractivity contribution is 5.98. The van der Waals surface area contributed by atoms with Gasteiger partial charge in [0, 0.05) is 32.4 Å². The Hall–Kier alpha value is -1.82. The van der Waals surface area contributed by atoms with E-state index < -0.39 is 5.60 Å². The third-order valence-corrected chi connectivity index (χ3v) is 3.00. The van der Waals surface area contributed by atoms with Crippen LogP contribution in [0.5, 0.6) is 0 Å². The van der Waals surface area contributed by atoms with Crippen molar-refractivity contribution in [3.8, 4) is 0 Å². The van der Waals surface area contributed by atoms with Crippen LogP contribution in [0.4, 0.5) is 11.5 Å². The molecule has 1 aromatic heterocycles. The summed E-state index contributed by atoms with van der Waals surface area (Å²) in [6.07, 6.45) is 1.54. The fraction of sp³-hybridized carbons (Fsp3) is 0.571. The fourth-order valence-electron chi connectivity index (χ4n) is 2.19. The molecular weight excluding hydrogens is 256 g/mol. The lowest BCUT2D eigenvalue weighted by molar-refractivity contribution is 0.00702. The minimum absolute atomic E-state index is 0.361. The molecule has 0 bridgehead atoms. The minimum Gasteiger partial charge on any atom is -0.456 e. The number of anilines is 2. The van der Waals surface area contributed by atoms with Gasteiger partial charge in [0.2, 0.25) is 0 Å². The Bertz CT molecular complexity index is 490. The lowest BCUT2D eigenvalue weighted by Gasteiger charge is -2.31. The third-order valence-electron chi connectivity index (χ3n) is 3.00. The number of ether oxygens (including phenoxy) is 1. The molecular formula is C14H22N4O2. The largest absolute Gasteiger partial charge is 0.456 e. The van der Waals surface area contributed by atoms with Crippen molar-refractivity contribution >= 4 is 17.5 Å². The Morgan fingerprint density at radius 1 is 1.40 bits per heavy atom. The van der Waals surface area contributed by atoms with Gasteiger partial charge in [-0.15, -0.1) is 0 Å². The number of hydrogen-bond donors (Lipinski definition) is 2. The highest BCUT2D eigenvalue weighted by Crippen LogP contribution is 2.28. The van der Waals surface area contributed by atoms with Gasteiger partial charge in [-0.2, -0.15) is 0 Å². The summed E-state index contributed by atoms with van der Waals surface area (Å²) in [5, 5.41) is 3.27. The van der Waals surface area contributed by atoms with E-state index in [0.717, 1.165) is 26.2 Å². The lowest BCUT2D eigenvalue weighted by Crippen LogP contribution is -2.44. The van der Waals surface area contributed by atoms with Gasteiger partial charge in [-0.1, -0.05) is 0 Å². The molecule has 1 fully saturated rings. The van der Waals surface area contributed by atoms with Crippen LogP contribution < -0.4 is 16.0 Å². The smallest absolute Gasteiger partial charge is 0.340 e. The summed E-state index contributed by atoms with van der Waals surface area (Å²) < 4.78 is 5.45. The van der Waals surface area contributed by atoms with E-state index in [-0.39, 0.29) is 5.97 Å². The second-order valence-corrected chi connectivity index (χ2v) is 5.83. The normalized spacial score (nSPS) is 16.1. The molecule has 1 aliphatic rings. The van der Waals surface area contributed by atoms with Gasteiger partial charge < -0.3 is 20.7 Å². The molecule has 0 spiro atoms. The molecule has 0 saturated carbocycles. The van der Waals surface area contributed by atoms with Gasteiger partial charge in [0.1, 0.15) is 11.4 Å². The fourth-order valence-corrected chi connectivity index (χ4v) is 2.19. The molecule has 6 heteroatoms. The quantitative estimate of drug-likeness (QED) is 0.786. The van der Waals surface area contributed by atoms with Crippen molar-refractivity contribution in [3.63, 3.8) is 0 Å². The van der Waals surface area contributed by atoms with Crippen molar-refractivity contribution in [2.24, 2.45) is 0 Å². The zero-order valence-electron chi connectivity index (χ0n) is 12.3. The molecule has 0 amide bonds. The van der Waals surface area contributed by atoms with Gasteiger partial charge in [0.15, 0.2) is 0 Å². The van der Waals surface area contributed by atoms with Crippen molar-refractivity contribution < 1.29 is 9.53 Å². The zero-order chi connectivity index (χ0) is 14.8. The number of nitrogen functional groups attached to an aromatic ring is 1. The molecule has 0 aromatic carbocycles. The van der Waals surface area contributed by atoms with Crippen molar-refractivity contribution in [2.75, 3.05) is 36.8 Å². The number of nitrogens with one attached hydrogen (secondary N) is 1. The number of nitrogens with zero attached hydrogens (tertiary/aromatic N) is 2. The molecule has 1 aliphatic heterocycles. The van der Waals surface area contributed by atoms with Crippen LogP contribution in [0.25, 0.3) is 0 Å². The number of nitrogens with two attached hydrogens (primary N) is 1. The highest BCUT2D eigenvalue weighted by atomic mass is 16.6. The monoisotopic (exact) mass is 278 g/mol. The average molecular weight is 278 g/mol. The Morgan fingerprint density at radius 3 is 2.65 bits per heavy atom. The van der Waals surface area contributed by atoms with E-state index in [4.69, 9.17) is 10.5 Å². The maximum Gasteiger partial charge on any atom is 0.340 e. The van der Waals surface area contributed by atoms with Crippen LogP contribution in [-0.4, -0.2) is 42.7 Å². The topological polar surface area (TPSA) is 80.5 Å². The van der Waals surface area contributed by atoms with E-state index in [0.29, 0.717) is 17.1 Å². The molecule has 2 heterocycles. The molecule has 0 atom stereocenters. The van der Waals surface area contributed by atoms with E-state index in [2.05, 4.69) is 15.2 Å². The number of carbonyl (C=O) groups excluding carboxylic acids is 1. The van der Waals surface area contributed by atoms with Crippen LogP contribution >= 0.6 is 0 Å². The van der Waals surface area contributed by atoms with Crippen LogP contribution in [-0.2, 0) is 4.74 Å². The van der Waals surface area contributed by atoms with Crippen LogP contribution in [0.1, 0.15) is 31.1 Å². The van der Waals surface area contributed by atoms with Crippen LogP contribution in [0, 0.1) is 0 Å². The summed E-state index contributed by atoms with van der Waals surface area (Å²) in [5.74, 6) is 0.00962. The highest BCUT2D eigenvalue weighted by Gasteiger charge is 2.25. The maximum atomic E-state index is 12.3. The first-order chi connectivity index (χ1) is 9.38. The van der Waals surface area contributed by atoms with Crippen molar-refractivity contribution in [1.29, 1.82) is 0 Å². The molecule has 0 radical (unpaired) electrons. The number of carbonyl (C=O) groups is 1. The van der Waals surface area contributed by atoms with Gasteiger partial charge >= 0.3 is 5.97 Å². The molecule has 1 saturated heterocycles. The Morgan fingerprint density at radius 2 is 2.05 bits per heavy atom. The van der Waals surface area contributed by atoms with Gasteiger partial charge in [0.05, 0.1) is 11.3 Å². The van der Waals surface area contributed by atoms with E-state index in [1.54, 1.807) is 12.3 Å². The molecule has 1 aromatic rings. The summed E-state index contributed by atoms with van der Waals surface area (Å²) in [4.78, 5) is 18.5. The van der Waals surface area contributed by atoms with E-state index in [1.165, 1.54) is 0 Å². The van der Waals surface area contributed by atoms with Crippen molar-refractivity contribution in [2.45, 2.75) is 26.4 Å². The second-order valence-electron chi connectivity index (χ2n) is 5.83. The summed E-state index contributed by atoms with van der Waals surface area (Å²) >= 11 is 0. The Kier molecular flexibility index (Phi) is 4.13. The number of esters is 1. The predicted octanol–water partition coefficient (Wildman–Crippen LogP) is 1.03. The van der Waals surface area contributed by atoms with Gasteiger partial charge in [-0.05, 0) is 26.8 Å². The zero-order valence-corrected chi connectivity index (χ0v) is 12.3. The second kappa shape index (κ2) is 5.66. The predicted molar refractivity (Wildman–Crippen MR) is 78.9 cm³/mol. The molecule has 110 valence electrons. The van der Waals surface area contributed by atoms with E-state index in [9.17, 15) is 4.79 Å². The standard InChI is InChI=1S/C14H22N4O2/c1-14(2,3)20-13(19)10-4-5-17-12(15)11(10)18-8-6-16-7-9-18/h4-5,16H,6-9H2,1-3H3,(H2,15,17). The van der Waals surface area contributed by atoms with Crippen molar-refractivity contribution in [1.82, 2.24) is 10.3 Å². The average Bonchev–Trinajstić information content (AvgIpc) is 2.37. The van der Waals surface area contributed by atoms with E-state index in [1.807, 2.05) is 20.8 Å². The Labute approximate surface area is 119 Å². The van der Waals surface area contributed by atoms with Crippen LogP contribution in [0.2, 0.25) is 0 Å². The first kappa shape index (κ1) is 14.6. The third kappa shape index (κ3) is 3.39. The molecule has 0 aliphatic carbocycles. The Balaban J connectivity index is 2.33. The summed E-state index contributed by atoms with van der Waals surface area (Å²) in [7, 11) is 0. The number of aromatic nitrogens is 1. The molecule has 2 rings (SSSR count). The molecule has 20 heavy (non-hydrogen) atoms. The summed E-state index contributed by atoms with van der Waals surface area (Å²) in [6, 6.07) is 1.67. The number of pyridine rings is 1. The van der Waals surface area contributed by atoms with Gasteiger partial charge in [-0.3, -0.25) is 0 Å². The van der Waals surface area contributed by atoms with Crippen molar-refractivity contribution in [3.05, 3.63) is 17.8 Å². The molecule has 0 unspecified atom stereocenters. The van der Waals surface area contributed by atoms with Gasteiger partial charge in [-0.25, -0.2) is 9.78 Å². The lowest BCUT2D eigenvalue weighted by atomic mass is 10.1.